The third-order valence-corrected chi connectivity index (χ3v) is 5.52. The summed E-state index contributed by atoms with van der Waals surface area (Å²) < 4.78 is 7.80. The third-order valence-electron chi connectivity index (χ3n) is 5.52. The molecular weight excluding hydrogens is 464 g/mol. The topological polar surface area (TPSA) is 114 Å². The Labute approximate surface area is 213 Å². The molecule has 0 radical (unpaired) electrons. The SMILES string of the molecule is C#Cc1ccc2nc(Nc3cc(OCCNc4ccc(C#N)cn4)cc(-c4cnn(C)c4)c3)ncc2c1. The van der Waals surface area contributed by atoms with Crippen molar-refractivity contribution in [3.8, 4) is 35.3 Å². The summed E-state index contributed by atoms with van der Waals surface area (Å²) in [6.45, 7) is 0.938. The zero-order chi connectivity index (χ0) is 25.6. The number of nitriles is 1. The molecule has 37 heavy (non-hydrogen) atoms. The summed E-state index contributed by atoms with van der Waals surface area (Å²) in [5, 5.41) is 20.5. The Kier molecular flexibility index (Phi) is 6.60. The van der Waals surface area contributed by atoms with E-state index in [1.54, 1.807) is 29.2 Å². The normalized spacial score (nSPS) is 10.5. The van der Waals surface area contributed by atoms with Crippen LogP contribution in [-0.2, 0) is 7.05 Å². The number of benzene rings is 2. The maximum Gasteiger partial charge on any atom is 0.227 e. The van der Waals surface area contributed by atoms with Crippen LogP contribution in [-0.4, -0.2) is 37.9 Å². The van der Waals surface area contributed by atoms with Crippen molar-refractivity contribution in [2.24, 2.45) is 7.05 Å². The Hall–Kier alpha value is -5.41. The van der Waals surface area contributed by atoms with E-state index in [4.69, 9.17) is 16.4 Å². The second-order valence-electron chi connectivity index (χ2n) is 8.20. The van der Waals surface area contributed by atoms with Gasteiger partial charge in [0.2, 0.25) is 5.95 Å². The number of nitrogens with zero attached hydrogens (tertiary/aromatic N) is 6. The fourth-order valence-electron chi connectivity index (χ4n) is 3.72. The van der Waals surface area contributed by atoms with E-state index in [0.717, 1.165) is 33.3 Å². The first-order valence-electron chi connectivity index (χ1n) is 11.5. The Balaban J connectivity index is 1.34. The predicted molar refractivity (Wildman–Crippen MR) is 142 cm³/mol. The molecule has 0 fully saturated rings. The van der Waals surface area contributed by atoms with Crippen molar-refractivity contribution in [3.63, 3.8) is 0 Å². The van der Waals surface area contributed by atoms with Crippen LogP contribution in [0, 0.1) is 23.7 Å². The van der Waals surface area contributed by atoms with E-state index in [0.29, 0.717) is 36.2 Å². The highest BCUT2D eigenvalue weighted by Crippen LogP contribution is 2.30. The highest BCUT2D eigenvalue weighted by molar-refractivity contribution is 5.81. The van der Waals surface area contributed by atoms with Crippen molar-refractivity contribution in [2.45, 2.75) is 0 Å². The number of hydrogen-bond donors (Lipinski definition) is 2. The molecule has 0 aliphatic carbocycles. The van der Waals surface area contributed by atoms with Crippen LogP contribution in [0.4, 0.5) is 17.5 Å². The molecule has 5 aromatic rings. The standard InChI is InChI=1S/C28H22N8O/c1-3-19-4-6-26-22(10-19)16-32-28(35-26)34-24-11-21(23-17-33-36(2)18-23)12-25(13-24)37-9-8-30-27-7-5-20(14-29)15-31-27/h1,4-7,10-13,15-18H,8-9H2,2H3,(H,30,31)(H,32,34,35). The lowest BCUT2D eigenvalue weighted by Gasteiger charge is -2.13. The molecule has 2 N–H and O–H groups in total. The van der Waals surface area contributed by atoms with Crippen molar-refractivity contribution >= 4 is 28.4 Å². The van der Waals surface area contributed by atoms with E-state index in [1.807, 2.05) is 49.6 Å². The molecule has 0 atom stereocenters. The van der Waals surface area contributed by atoms with Crippen molar-refractivity contribution in [1.82, 2.24) is 24.7 Å². The number of pyridine rings is 1. The van der Waals surface area contributed by atoms with Gasteiger partial charge >= 0.3 is 0 Å². The minimum Gasteiger partial charge on any atom is -0.492 e. The summed E-state index contributed by atoms with van der Waals surface area (Å²) in [5.74, 6) is 4.44. The highest BCUT2D eigenvalue weighted by Gasteiger charge is 2.09. The Bertz CT molecular complexity index is 1640. The molecule has 0 spiro atoms. The minimum atomic E-state index is 0.404. The van der Waals surface area contributed by atoms with Gasteiger partial charge in [0.05, 0.1) is 23.8 Å². The van der Waals surface area contributed by atoms with Gasteiger partial charge in [0.25, 0.3) is 0 Å². The largest absolute Gasteiger partial charge is 0.492 e. The summed E-state index contributed by atoms with van der Waals surface area (Å²) in [5.41, 5.74) is 4.76. The molecule has 0 saturated carbocycles. The van der Waals surface area contributed by atoms with Gasteiger partial charge in [-0.25, -0.2) is 15.0 Å². The molecule has 0 amide bonds. The molecule has 9 nitrogen and oxygen atoms in total. The molecule has 0 aliphatic rings. The molecule has 180 valence electrons. The number of aryl methyl sites for hydroxylation is 1. The Morgan fingerprint density at radius 3 is 2.65 bits per heavy atom. The van der Waals surface area contributed by atoms with Crippen LogP contribution in [0.1, 0.15) is 11.1 Å². The number of terminal acetylenes is 1. The van der Waals surface area contributed by atoms with E-state index in [-0.39, 0.29) is 0 Å². The number of rotatable bonds is 8. The summed E-state index contributed by atoms with van der Waals surface area (Å²) >= 11 is 0. The maximum absolute atomic E-state index is 8.90. The van der Waals surface area contributed by atoms with Crippen LogP contribution in [0.15, 0.2) is 73.3 Å². The highest BCUT2D eigenvalue weighted by atomic mass is 16.5. The van der Waals surface area contributed by atoms with Crippen LogP contribution < -0.4 is 15.4 Å². The van der Waals surface area contributed by atoms with Gasteiger partial charge in [-0.2, -0.15) is 10.4 Å². The van der Waals surface area contributed by atoms with Gasteiger partial charge in [-0.1, -0.05) is 5.92 Å². The van der Waals surface area contributed by atoms with Crippen molar-refractivity contribution in [2.75, 3.05) is 23.8 Å². The van der Waals surface area contributed by atoms with Crippen LogP contribution >= 0.6 is 0 Å². The number of aromatic nitrogens is 5. The molecule has 5 rings (SSSR count). The minimum absolute atomic E-state index is 0.404. The zero-order valence-corrected chi connectivity index (χ0v) is 20.0. The van der Waals surface area contributed by atoms with Gasteiger partial charge in [0.15, 0.2) is 0 Å². The molecule has 0 aliphatic heterocycles. The van der Waals surface area contributed by atoms with Gasteiger partial charge < -0.3 is 15.4 Å². The number of nitrogens with one attached hydrogen (secondary N) is 2. The van der Waals surface area contributed by atoms with E-state index in [2.05, 4.69) is 42.7 Å². The monoisotopic (exact) mass is 486 g/mol. The van der Waals surface area contributed by atoms with Crippen molar-refractivity contribution in [1.29, 1.82) is 5.26 Å². The lowest BCUT2D eigenvalue weighted by Crippen LogP contribution is -2.12. The Morgan fingerprint density at radius 2 is 1.89 bits per heavy atom. The van der Waals surface area contributed by atoms with E-state index < -0.39 is 0 Å². The van der Waals surface area contributed by atoms with Gasteiger partial charge in [-0.3, -0.25) is 4.68 Å². The summed E-state index contributed by atoms with van der Waals surface area (Å²) in [6.07, 6.45) is 12.5. The number of fused-ring (bicyclic) bond motifs is 1. The maximum atomic E-state index is 8.90. The molecular formula is C28H22N8O. The van der Waals surface area contributed by atoms with Crippen LogP contribution in [0.2, 0.25) is 0 Å². The molecule has 3 heterocycles. The van der Waals surface area contributed by atoms with E-state index in [9.17, 15) is 0 Å². The summed E-state index contributed by atoms with van der Waals surface area (Å²) in [7, 11) is 1.88. The first-order chi connectivity index (χ1) is 18.1. The van der Waals surface area contributed by atoms with Gasteiger partial charge in [0, 0.05) is 53.9 Å². The average Bonchev–Trinajstić information content (AvgIpc) is 3.37. The van der Waals surface area contributed by atoms with Gasteiger partial charge in [-0.05, 0) is 48.0 Å². The first-order valence-corrected chi connectivity index (χ1v) is 11.5. The van der Waals surface area contributed by atoms with Crippen molar-refractivity contribution < 1.29 is 4.74 Å². The number of hydrogen-bond acceptors (Lipinski definition) is 8. The lowest BCUT2D eigenvalue weighted by molar-refractivity contribution is 0.333. The summed E-state index contributed by atoms with van der Waals surface area (Å²) in [4.78, 5) is 13.3. The molecule has 0 saturated heterocycles. The fraction of sp³-hybridized carbons (Fsp3) is 0.107. The molecule has 3 aromatic heterocycles. The zero-order valence-electron chi connectivity index (χ0n) is 20.0. The number of anilines is 3. The van der Waals surface area contributed by atoms with Crippen LogP contribution in [0.25, 0.3) is 22.0 Å². The van der Waals surface area contributed by atoms with E-state index in [1.165, 1.54) is 6.20 Å². The van der Waals surface area contributed by atoms with Crippen molar-refractivity contribution in [3.05, 3.63) is 84.4 Å². The fourth-order valence-corrected chi connectivity index (χ4v) is 3.72. The lowest BCUT2D eigenvalue weighted by atomic mass is 10.1. The smallest absolute Gasteiger partial charge is 0.227 e. The van der Waals surface area contributed by atoms with Gasteiger partial charge in [-0.15, -0.1) is 6.42 Å². The first kappa shape index (κ1) is 23.3. The number of ether oxygens (including phenoxy) is 1. The summed E-state index contributed by atoms with van der Waals surface area (Å²) in [6, 6.07) is 17.0. The molecule has 0 bridgehead atoms. The van der Waals surface area contributed by atoms with E-state index >= 15 is 0 Å². The van der Waals surface area contributed by atoms with Crippen LogP contribution in [0.3, 0.4) is 0 Å². The molecule has 9 heteroatoms. The second-order valence-corrected chi connectivity index (χ2v) is 8.20. The van der Waals surface area contributed by atoms with Crippen LogP contribution in [0.5, 0.6) is 5.75 Å². The average molecular weight is 487 g/mol. The molecule has 2 aromatic carbocycles. The second kappa shape index (κ2) is 10.5. The predicted octanol–water partition coefficient (Wildman–Crippen LogP) is 4.51. The van der Waals surface area contributed by atoms with Gasteiger partial charge in [0.1, 0.15) is 24.2 Å². The Morgan fingerprint density at radius 1 is 1.00 bits per heavy atom. The third kappa shape index (κ3) is 5.64. The quantitative estimate of drug-likeness (QED) is 0.243. The molecule has 0 unspecified atom stereocenters.